The van der Waals surface area contributed by atoms with E-state index in [9.17, 15) is 9.59 Å². The minimum absolute atomic E-state index is 0.0928. The smallest absolute Gasteiger partial charge is 0.415 e. The van der Waals surface area contributed by atoms with Crippen molar-refractivity contribution in [1.29, 1.82) is 0 Å². The van der Waals surface area contributed by atoms with E-state index in [4.69, 9.17) is 14.0 Å². The summed E-state index contributed by atoms with van der Waals surface area (Å²) in [5, 5.41) is 8.13. The van der Waals surface area contributed by atoms with Gasteiger partial charge in [-0.3, -0.25) is 14.5 Å². The second kappa shape index (κ2) is 6.75. The minimum atomic E-state index is -0.649. The maximum Gasteiger partial charge on any atom is 0.415 e. The van der Waals surface area contributed by atoms with Gasteiger partial charge in [-0.1, -0.05) is 5.16 Å². The molecular weight excluding hydrogens is 380 g/mol. The number of aromatic nitrogens is 4. The summed E-state index contributed by atoms with van der Waals surface area (Å²) in [6.07, 6.45) is 0.0445. The molecule has 11 heteroatoms. The Morgan fingerprint density at radius 3 is 2.72 bits per heavy atom. The predicted molar refractivity (Wildman–Crippen MR) is 99.1 cm³/mol. The van der Waals surface area contributed by atoms with E-state index < -0.39 is 23.9 Å². The summed E-state index contributed by atoms with van der Waals surface area (Å²) < 4.78 is 17.9. The third-order valence-corrected chi connectivity index (χ3v) is 4.77. The molecule has 4 rings (SSSR count). The van der Waals surface area contributed by atoms with Gasteiger partial charge in [-0.15, -0.1) is 0 Å². The highest BCUT2D eigenvalue weighted by Crippen LogP contribution is 2.34. The van der Waals surface area contributed by atoms with Crippen LogP contribution in [0.1, 0.15) is 51.2 Å². The average molecular weight is 404 g/mol. The molecule has 0 spiro atoms. The van der Waals surface area contributed by atoms with Crippen LogP contribution in [0.4, 0.5) is 15.3 Å². The lowest BCUT2D eigenvalue weighted by Gasteiger charge is -2.35. The molecule has 1 fully saturated rings. The Morgan fingerprint density at radius 1 is 1.31 bits per heavy atom. The van der Waals surface area contributed by atoms with E-state index in [0.717, 1.165) is 5.69 Å². The van der Waals surface area contributed by atoms with Crippen molar-refractivity contribution in [3.8, 4) is 0 Å². The SMILES string of the molecule is Cc1noc(C2CN(c3cnn4c3CN(C(=O)OC(C)(C)C)C(C)C4)C(=O)O2)n1. The van der Waals surface area contributed by atoms with Crippen LogP contribution in [0.15, 0.2) is 10.7 Å². The third-order valence-electron chi connectivity index (χ3n) is 4.77. The molecule has 2 unspecified atom stereocenters. The topological polar surface area (TPSA) is 116 Å². The molecule has 0 bridgehead atoms. The fraction of sp³-hybridized carbons (Fsp3) is 0.611. The summed E-state index contributed by atoms with van der Waals surface area (Å²) in [6.45, 7) is 10.1. The van der Waals surface area contributed by atoms with E-state index in [1.165, 1.54) is 4.90 Å². The molecule has 1 saturated heterocycles. The van der Waals surface area contributed by atoms with Crippen LogP contribution < -0.4 is 4.90 Å². The maximum absolute atomic E-state index is 12.6. The molecule has 2 atom stereocenters. The van der Waals surface area contributed by atoms with Gasteiger partial charge in [-0.25, -0.2) is 9.59 Å². The number of anilines is 1. The van der Waals surface area contributed by atoms with Crippen molar-refractivity contribution in [2.75, 3.05) is 11.4 Å². The van der Waals surface area contributed by atoms with Crippen molar-refractivity contribution < 1.29 is 23.6 Å². The number of fused-ring (bicyclic) bond motifs is 1. The number of amides is 2. The van der Waals surface area contributed by atoms with Crippen LogP contribution in [0.5, 0.6) is 0 Å². The number of carbonyl (C=O) groups excluding carboxylic acids is 2. The number of aryl methyl sites for hydroxylation is 1. The number of hydrogen-bond acceptors (Lipinski definition) is 8. The standard InChI is InChI=1S/C18H24N6O5/c1-10-7-24-13(8-22(10)17(26)28-18(3,4)5)12(6-19-24)23-9-14(27-16(23)25)15-20-11(2)21-29-15/h6,10,14H,7-9H2,1-5H3. The fourth-order valence-corrected chi connectivity index (χ4v) is 3.41. The number of rotatable bonds is 2. The quantitative estimate of drug-likeness (QED) is 0.749. The zero-order valence-electron chi connectivity index (χ0n) is 17.1. The first kappa shape index (κ1) is 19.2. The van der Waals surface area contributed by atoms with E-state index in [1.54, 1.807) is 22.7 Å². The van der Waals surface area contributed by atoms with Crippen LogP contribution in [0.2, 0.25) is 0 Å². The second-order valence-electron chi connectivity index (χ2n) is 8.28. The Balaban J connectivity index is 1.56. The molecule has 0 saturated carbocycles. The second-order valence-corrected chi connectivity index (χ2v) is 8.28. The molecule has 2 amide bonds. The van der Waals surface area contributed by atoms with Crippen LogP contribution in [-0.2, 0) is 22.6 Å². The van der Waals surface area contributed by atoms with Crippen molar-refractivity contribution in [3.63, 3.8) is 0 Å². The van der Waals surface area contributed by atoms with E-state index in [0.29, 0.717) is 18.1 Å². The summed E-state index contributed by atoms with van der Waals surface area (Å²) in [5.74, 6) is 0.725. The summed E-state index contributed by atoms with van der Waals surface area (Å²) in [7, 11) is 0. The van der Waals surface area contributed by atoms with Gasteiger partial charge < -0.3 is 14.0 Å². The monoisotopic (exact) mass is 404 g/mol. The molecule has 156 valence electrons. The predicted octanol–water partition coefficient (Wildman–Crippen LogP) is 2.41. The summed E-state index contributed by atoms with van der Waals surface area (Å²) >= 11 is 0. The highest BCUT2D eigenvalue weighted by atomic mass is 16.6. The lowest BCUT2D eigenvalue weighted by molar-refractivity contribution is 0.00913. The first-order valence-corrected chi connectivity index (χ1v) is 9.45. The molecular formula is C18H24N6O5. The minimum Gasteiger partial charge on any atom is -0.444 e. The van der Waals surface area contributed by atoms with Crippen LogP contribution in [-0.4, -0.2) is 55.2 Å². The zero-order valence-corrected chi connectivity index (χ0v) is 17.1. The highest BCUT2D eigenvalue weighted by molar-refractivity contribution is 5.90. The fourth-order valence-electron chi connectivity index (χ4n) is 3.41. The summed E-state index contributed by atoms with van der Waals surface area (Å²) in [5.41, 5.74) is 0.744. The van der Waals surface area contributed by atoms with Gasteiger partial charge in [0.25, 0.3) is 5.89 Å². The molecule has 2 aliphatic rings. The number of ether oxygens (including phenoxy) is 2. The molecule has 2 aliphatic heterocycles. The van der Waals surface area contributed by atoms with Gasteiger partial charge in [0.15, 0.2) is 5.82 Å². The largest absolute Gasteiger partial charge is 0.444 e. The van der Waals surface area contributed by atoms with Crippen molar-refractivity contribution in [1.82, 2.24) is 24.8 Å². The molecule has 2 aromatic rings. The van der Waals surface area contributed by atoms with Gasteiger partial charge in [-0.2, -0.15) is 10.1 Å². The number of nitrogens with zero attached hydrogens (tertiary/aromatic N) is 6. The molecule has 0 radical (unpaired) electrons. The van der Waals surface area contributed by atoms with E-state index in [1.807, 2.05) is 27.7 Å². The van der Waals surface area contributed by atoms with Crippen molar-refractivity contribution >= 4 is 17.9 Å². The molecule has 0 N–H and O–H groups in total. The normalized spacial score (nSPS) is 21.9. The Bertz CT molecular complexity index is 945. The lowest BCUT2D eigenvalue weighted by Crippen LogP contribution is -2.47. The van der Waals surface area contributed by atoms with Gasteiger partial charge >= 0.3 is 12.2 Å². The molecule has 29 heavy (non-hydrogen) atoms. The van der Waals surface area contributed by atoms with Gasteiger partial charge in [0.2, 0.25) is 6.10 Å². The molecule has 11 nitrogen and oxygen atoms in total. The number of carbonyl (C=O) groups is 2. The van der Waals surface area contributed by atoms with Crippen molar-refractivity contribution in [3.05, 3.63) is 23.6 Å². The zero-order chi connectivity index (χ0) is 20.9. The lowest BCUT2D eigenvalue weighted by atomic mass is 10.1. The van der Waals surface area contributed by atoms with Gasteiger partial charge in [0.1, 0.15) is 5.60 Å². The van der Waals surface area contributed by atoms with Gasteiger partial charge in [-0.05, 0) is 34.6 Å². The highest BCUT2D eigenvalue weighted by Gasteiger charge is 2.40. The van der Waals surface area contributed by atoms with Gasteiger partial charge in [0, 0.05) is 0 Å². The average Bonchev–Trinajstić information content (AvgIpc) is 3.30. The number of hydrogen-bond donors (Lipinski definition) is 0. The van der Waals surface area contributed by atoms with E-state index >= 15 is 0 Å². The van der Waals surface area contributed by atoms with Crippen molar-refractivity contribution in [2.45, 2.75) is 65.5 Å². The van der Waals surface area contributed by atoms with Crippen LogP contribution in [0, 0.1) is 6.92 Å². The third kappa shape index (κ3) is 3.64. The van der Waals surface area contributed by atoms with E-state index in [2.05, 4.69) is 15.2 Å². The molecule has 4 heterocycles. The number of cyclic esters (lactones) is 1. The Morgan fingerprint density at radius 2 is 2.07 bits per heavy atom. The Hall–Kier alpha value is -3.11. The summed E-state index contributed by atoms with van der Waals surface area (Å²) in [4.78, 5) is 32.4. The Kier molecular flexibility index (Phi) is 4.47. The van der Waals surface area contributed by atoms with Crippen LogP contribution >= 0.6 is 0 Å². The molecule has 0 aromatic carbocycles. The molecule has 0 aliphatic carbocycles. The first-order valence-electron chi connectivity index (χ1n) is 9.45. The maximum atomic E-state index is 12.6. The van der Waals surface area contributed by atoms with E-state index in [-0.39, 0.29) is 25.0 Å². The van der Waals surface area contributed by atoms with Crippen molar-refractivity contribution in [2.24, 2.45) is 0 Å². The van der Waals surface area contributed by atoms with Gasteiger partial charge in [0.05, 0.1) is 43.3 Å². The Labute approximate surface area is 167 Å². The first-order chi connectivity index (χ1) is 13.6. The molecule has 2 aromatic heterocycles. The summed E-state index contributed by atoms with van der Waals surface area (Å²) in [6, 6.07) is -0.0928. The van der Waals surface area contributed by atoms with Crippen LogP contribution in [0.3, 0.4) is 0 Å². The van der Waals surface area contributed by atoms with Crippen LogP contribution in [0.25, 0.3) is 0 Å².